The summed E-state index contributed by atoms with van der Waals surface area (Å²) in [5, 5.41) is 17.2. The van der Waals surface area contributed by atoms with E-state index in [0.29, 0.717) is 35.0 Å². The van der Waals surface area contributed by atoms with Gasteiger partial charge in [0.05, 0.1) is 34.6 Å². The van der Waals surface area contributed by atoms with Crippen molar-refractivity contribution >= 4 is 23.4 Å². The molecular formula is C18H14ClFN6. The van der Waals surface area contributed by atoms with Gasteiger partial charge in [0.1, 0.15) is 23.4 Å². The lowest BCUT2D eigenvalue weighted by Crippen LogP contribution is -2.07. The number of rotatable bonds is 5. The van der Waals surface area contributed by atoms with E-state index in [-0.39, 0.29) is 10.7 Å². The Morgan fingerprint density at radius 3 is 2.92 bits per heavy atom. The number of nitrogens with one attached hydrogen (secondary N) is 2. The molecule has 3 aromatic rings. The molecule has 0 unspecified atom stereocenters. The average Bonchev–Trinajstić information content (AvgIpc) is 3.28. The van der Waals surface area contributed by atoms with Gasteiger partial charge in [0.2, 0.25) is 0 Å². The molecule has 130 valence electrons. The second-order valence-corrected chi connectivity index (χ2v) is 5.80. The molecule has 0 aliphatic heterocycles. The highest BCUT2D eigenvalue weighted by molar-refractivity contribution is 6.31. The highest BCUT2D eigenvalue weighted by atomic mass is 35.5. The van der Waals surface area contributed by atoms with Crippen LogP contribution in [0.25, 0.3) is 17.3 Å². The molecule has 2 heterocycles. The van der Waals surface area contributed by atoms with Crippen molar-refractivity contribution in [1.29, 1.82) is 10.7 Å². The van der Waals surface area contributed by atoms with Crippen molar-refractivity contribution in [1.82, 2.24) is 19.5 Å². The molecular weight excluding hydrogens is 355 g/mol. The van der Waals surface area contributed by atoms with Gasteiger partial charge in [0.15, 0.2) is 0 Å². The van der Waals surface area contributed by atoms with Crippen LogP contribution < -0.4 is 0 Å². The number of hydrogen-bond donors (Lipinski definition) is 2. The summed E-state index contributed by atoms with van der Waals surface area (Å²) in [6, 6.07) is 6.30. The van der Waals surface area contributed by atoms with Crippen molar-refractivity contribution in [2.45, 2.75) is 13.5 Å². The summed E-state index contributed by atoms with van der Waals surface area (Å²) in [6.45, 7) is 2.56. The van der Waals surface area contributed by atoms with Gasteiger partial charge < -0.3 is 9.55 Å². The van der Waals surface area contributed by atoms with Crippen molar-refractivity contribution in [3.8, 4) is 17.3 Å². The molecule has 0 spiro atoms. The van der Waals surface area contributed by atoms with Crippen molar-refractivity contribution in [2.24, 2.45) is 0 Å². The third-order valence-electron chi connectivity index (χ3n) is 3.75. The fourth-order valence-electron chi connectivity index (χ4n) is 2.48. The van der Waals surface area contributed by atoms with Gasteiger partial charge in [-0.3, -0.25) is 5.41 Å². The van der Waals surface area contributed by atoms with E-state index in [1.165, 1.54) is 18.3 Å². The van der Waals surface area contributed by atoms with Crippen LogP contribution in [-0.4, -0.2) is 25.2 Å². The first kappa shape index (κ1) is 17.6. The van der Waals surface area contributed by atoms with E-state index in [1.807, 2.05) is 17.6 Å². The van der Waals surface area contributed by atoms with Crippen LogP contribution >= 0.6 is 11.6 Å². The number of aryl methyl sites for hydroxylation is 1. The standard InChI is InChI=1S/C18H14ClFN6/c1-2-26-10-24-17(11-3-4-14(20)13(19)7-11)18(26)15(22)5-6-16-23-9-12(8-21)25-16/h3-7,9-10,22H,2H2,1H3,(H,23,25)/b6-5-,22-15?. The van der Waals surface area contributed by atoms with Crippen LogP contribution in [0.2, 0.25) is 5.02 Å². The summed E-state index contributed by atoms with van der Waals surface area (Å²) in [5.74, 6) is -0.0341. The zero-order valence-electron chi connectivity index (χ0n) is 13.8. The fourth-order valence-corrected chi connectivity index (χ4v) is 2.66. The Labute approximate surface area is 154 Å². The molecule has 1 aromatic carbocycles. The normalized spacial score (nSPS) is 11.0. The highest BCUT2D eigenvalue weighted by Gasteiger charge is 2.16. The van der Waals surface area contributed by atoms with E-state index in [9.17, 15) is 4.39 Å². The molecule has 0 radical (unpaired) electrons. The molecule has 8 heteroatoms. The molecule has 0 bridgehead atoms. The molecule has 2 aromatic heterocycles. The summed E-state index contributed by atoms with van der Waals surface area (Å²) < 4.78 is 15.3. The minimum Gasteiger partial charge on any atom is -0.330 e. The van der Waals surface area contributed by atoms with Gasteiger partial charge >= 0.3 is 0 Å². The average molecular weight is 369 g/mol. The molecule has 2 N–H and O–H groups in total. The van der Waals surface area contributed by atoms with E-state index in [1.54, 1.807) is 24.5 Å². The third kappa shape index (κ3) is 3.41. The van der Waals surface area contributed by atoms with Crippen LogP contribution in [0.5, 0.6) is 0 Å². The van der Waals surface area contributed by atoms with Gasteiger partial charge in [-0.05, 0) is 37.3 Å². The fraction of sp³-hybridized carbons (Fsp3) is 0.111. The first-order chi connectivity index (χ1) is 12.5. The van der Waals surface area contributed by atoms with Crippen molar-refractivity contribution in [3.63, 3.8) is 0 Å². The van der Waals surface area contributed by atoms with Crippen LogP contribution in [0.4, 0.5) is 4.39 Å². The summed E-state index contributed by atoms with van der Waals surface area (Å²) >= 11 is 5.88. The van der Waals surface area contributed by atoms with Gasteiger partial charge in [0, 0.05) is 12.1 Å². The smallest absolute Gasteiger partial charge is 0.141 e. The molecule has 0 saturated heterocycles. The lowest BCUT2D eigenvalue weighted by Gasteiger charge is -2.08. The monoisotopic (exact) mass is 368 g/mol. The number of hydrogen-bond acceptors (Lipinski definition) is 4. The van der Waals surface area contributed by atoms with Gasteiger partial charge in [0.25, 0.3) is 0 Å². The number of nitriles is 1. The number of H-pyrrole nitrogens is 1. The first-order valence-electron chi connectivity index (χ1n) is 7.76. The number of imidazole rings is 2. The summed E-state index contributed by atoms with van der Waals surface area (Å²) in [7, 11) is 0. The van der Waals surface area contributed by atoms with Crippen LogP contribution in [0, 0.1) is 22.6 Å². The van der Waals surface area contributed by atoms with E-state index >= 15 is 0 Å². The number of aromatic nitrogens is 4. The highest BCUT2D eigenvalue weighted by Crippen LogP contribution is 2.27. The molecule has 6 nitrogen and oxygen atoms in total. The Morgan fingerprint density at radius 1 is 1.46 bits per heavy atom. The van der Waals surface area contributed by atoms with E-state index < -0.39 is 5.82 Å². The number of nitrogens with zero attached hydrogens (tertiary/aromatic N) is 4. The Hall–Kier alpha value is -3.24. The zero-order valence-corrected chi connectivity index (χ0v) is 14.5. The van der Waals surface area contributed by atoms with Gasteiger partial charge in [-0.2, -0.15) is 5.26 Å². The van der Waals surface area contributed by atoms with Gasteiger partial charge in [-0.1, -0.05) is 11.6 Å². The predicted octanol–water partition coefficient (Wildman–Crippen LogP) is 4.04. The second kappa shape index (κ2) is 7.33. The molecule has 26 heavy (non-hydrogen) atoms. The minimum atomic E-state index is -0.507. The Bertz CT molecular complexity index is 1040. The molecule has 0 fully saturated rings. The molecule has 3 rings (SSSR count). The molecule has 0 saturated carbocycles. The van der Waals surface area contributed by atoms with Crippen LogP contribution in [0.15, 0.2) is 36.8 Å². The number of benzene rings is 1. The largest absolute Gasteiger partial charge is 0.330 e. The second-order valence-electron chi connectivity index (χ2n) is 5.40. The Balaban J connectivity index is 1.98. The quantitative estimate of drug-likeness (QED) is 0.665. The summed E-state index contributed by atoms with van der Waals surface area (Å²) in [6.07, 6.45) is 6.23. The zero-order chi connectivity index (χ0) is 18.7. The van der Waals surface area contributed by atoms with E-state index in [2.05, 4.69) is 15.0 Å². The van der Waals surface area contributed by atoms with Gasteiger partial charge in [-0.25, -0.2) is 14.4 Å². The molecule has 0 atom stereocenters. The summed E-state index contributed by atoms with van der Waals surface area (Å²) in [5.41, 5.74) is 2.30. The van der Waals surface area contributed by atoms with Gasteiger partial charge in [-0.15, -0.1) is 0 Å². The van der Waals surface area contributed by atoms with Crippen LogP contribution in [-0.2, 0) is 6.54 Å². The lowest BCUT2D eigenvalue weighted by molar-refractivity contribution is 0.628. The molecule has 0 amide bonds. The number of halogens is 2. The van der Waals surface area contributed by atoms with Crippen LogP contribution in [0.3, 0.4) is 0 Å². The van der Waals surface area contributed by atoms with Crippen molar-refractivity contribution in [2.75, 3.05) is 0 Å². The maximum Gasteiger partial charge on any atom is 0.141 e. The van der Waals surface area contributed by atoms with Crippen molar-refractivity contribution in [3.05, 3.63) is 64.9 Å². The van der Waals surface area contributed by atoms with Crippen LogP contribution in [0.1, 0.15) is 24.1 Å². The lowest BCUT2D eigenvalue weighted by atomic mass is 10.1. The maximum atomic E-state index is 13.4. The van der Waals surface area contributed by atoms with Crippen molar-refractivity contribution < 1.29 is 4.39 Å². The molecule has 0 aliphatic carbocycles. The van der Waals surface area contributed by atoms with E-state index in [0.717, 1.165) is 0 Å². The Kier molecular flexibility index (Phi) is 4.96. The Morgan fingerprint density at radius 2 is 2.27 bits per heavy atom. The number of allylic oxidation sites excluding steroid dienone is 1. The number of aromatic amines is 1. The van der Waals surface area contributed by atoms with E-state index in [4.69, 9.17) is 22.3 Å². The topological polar surface area (TPSA) is 94.1 Å². The SMILES string of the molecule is CCn1cnc(-c2ccc(F)c(Cl)c2)c1C(=N)/C=C\c1ncc(C#N)[nH]1. The minimum absolute atomic E-state index is 0.00110. The maximum absolute atomic E-state index is 13.4. The predicted molar refractivity (Wildman–Crippen MR) is 97.5 cm³/mol. The first-order valence-corrected chi connectivity index (χ1v) is 8.14. The summed E-state index contributed by atoms with van der Waals surface area (Å²) in [4.78, 5) is 11.2. The molecule has 0 aliphatic rings. The third-order valence-corrected chi connectivity index (χ3v) is 4.04.